The molecule has 1 heterocycles. The summed E-state index contributed by atoms with van der Waals surface area (Å²) in [6, 6.07) is 5.04. The van der Waals surface area contributed by atoms with Crippen molar-refractivity contribution in [3.63, 3.8) is 0 Å². The number of hydrogen-bond acceptors (Lipinski definition) is 4. The minimum Gasteiger partial charge on any atom is -0.478 e. The molecule has 1 saturated heterocycles. The van der Waals surface area contributed by atoms with E-state index in [9.17, 15) is 9.90 Å². The fourth-order valence-electron chi connectivity index (χ4n) is 2.42. The van der Waals surface area contributed by atoms with Crippen molar-refractivity contribution in [3.8, 4) is 0 Å². The summed E-state index contributed by atoms with van der Waals surface area (Å²) < 4.78 is 5.14. The number of aromatic carboxylic acids is 1. The van der Waals surface area contributed by atoms with Crippen LogP contribution >= 0.6 is 0 Å². The molecule has 1 unspecified atom stereocenters. The molecule has 1 fully saturated rings. The third-order valence-corrected chi connectivity index (χ3v) is 3.28. The molecule has 0 aliphatic carbocycles. The lowest BCUT2D eigenvalue weighted by molar-refractivity contribution is 0.0697. The van der Waals surface area contributed by atoms with Gasteiger partial charge in [-0.05, 0) is 24.6 Å². The first-order valence-corrected chi connectivity index (χ1v) is 5.98. The number of carboxylic acid groups (broad SMARTS) is 1. The second-order valence-electron chi connectivity index (χ2n) is 4.64. The molecule has 1 aromatic rings. The Morgan fingerprint density at radius 1 is 1.61 bits per heavy atom. The molecular weight excluding hydrogens is 232 g/mol. The van der Waals surface area contributed by atoms with Gasteiger partial charge in [0.2, 0.25) is 0 Å². The van der Waals surface area contributed by atoms with Crippen molar-refractivity contribution in [2.45, 2.75) is 6.42 Å². The lowest BCUT2D eigenvalue weighted by Gasteiger charge is -2.21. The van der Waals surface area contributed by atoms with Crippen LogP contribution in [0.1, 0.15) is 16.8 Å². The predicted octanol–water partition coefficient (Wildman–Crippen LogP) is 1.44. The molecule has 5 heteroatoms. The van der Waals surface area contributed by atoms with Gasteiger partial charge in [0.15, 0.2) is 0 Å². The maximum Gasteiger partial charge on any atom is 0.337 e. The van der Waals surface area contributed by atoms with Gasteiger partial charge in [0.25, 0.3) is 0 Å². The number of methoxy groups -OCH3 is 1. The zero-order chi connectivity index (χ0) is 13.1. The first kappa shape index (κ1) is 12.7. The molecule has 2 rings (SSSR count). The molecule has 0 amide bonds. The topological polar surface area (TPSA) is 75.8 Å². The lowest BCUT2D eigenvalue weighted by atomic mass is 10.1. The van der Waals surface area contributed by atoms with Crippen molar-refractivity contribution in [2.75, 3.05) is 37.4 Å². The number of benzene rings is 1. The highest BCUT2D eigenvalue weighted by molar-refractivity contribution is 5.95. The first-order chi connectivity index (χ1) is 8.61. The Labute approximate surface area is 106 Å². The monoisotopic (exact) mass is 250 g/mol. The molecule has 98 valence electrons. The zero-order valence-corrected chi connectivity index (χ0v) is 10.4. The van der Waals surface area contributed by atoms with E-state index in [0.29, 0.717) is 18.2 Å². The Morgan fingerprint density at radius 3 is 3.06 bits per heavy atom. The second kappa shape index (κ2) is 5.27. The average Bonchev–Trinajstić information content (AvgIpc) is 2.78. The summed E-state index contributed by atoms with van der Waals surface area (Å²) in [5.41, 5.74) is 7.13. The third kappa shape index (κ3) is 2.56. The molecule has 1 aliphatic heterocycles. The van der Waals surface area contributed by atoms with E-state index in [1.54, 1.807) is 19.2 Å². The van der Waals surface area contributed by atoms with E-state index < -0.39 is 5.97 Å². The molecule has 1 aliphatic rings. The van der Waals surface area contributed by atoms with Crippen LogP contribution in [0.25, 0.3) is 0 Å². The largest absolute Gasteiger partial charge is 0.478 e. The number of nitrogens with two attached hydrogens (primary N) is 1. The number of carboxylic acids is 1. The summed E-state index contributed by atoms with van der Waals surface area (Å²) in [6.07, 6.45) is 1.03. The number of nitrogens with zero attached hydrogens (tertiary/aromatic N) is 1. The summed E-state index contributed by atoms with van der Waals surface area (Å²) in [5.74, 6) is -0.471. The number of carbonyl (C=O) groups is 1. The molecule has 0 radical (unpaired) electrons. The first-order valence-electron chi connectivity index (χ1n) is 5.98. The summed E-state index contributed by atoms with van der Waals surface area (Å²) in [4.78, 5) is 13.3. The smallest absolute Gasteiger partial charge is 0.337 e. The van der Waals surface area contributed by atoms with E-state index in [-0.39, 0.29) is 5.56 Å². The Balaban J connectivity index is 2.21. The maximum atomic E-state index is 11.2. The van der Waals surface area contributed by atoms with E-state index in [1.165, 1.54) is 6.07 Å². The highest BCUT2D eigenvalue weighted by atomic mass is 16.5. The molecule has 1 aromatic carbocycles. The number of rotatable bonds is 4. The summed E-state index contributed by atoms with van der Waals surface area (Å²) in [7, 11) is 1.69. The Bertz CT molecular complexity index is 448. The Hall–Kier alpha value is -1.75. The number of hydrogen-bond donors (Lipinski definition) is 2. The summed E-state index contributed by atoms with van der Waals surface area (Å²) in [5, 5.41) is 9.21. The SMILES string of the molecule is COCC1CCN(c2ccc(N)cc2C(=O)O)C1. The van der Waals surface area contributed by atoms with Gasteiger partial charge in [-0.1, -0.05) is 0 Å². The summed E-state index contributed by atoms with van der Waals surface area (Å²) in [6.45, 7) is 2.41. The van der Waals surface area contributed by atoms with Gasteiger partial charge < -0.3 is 20.5 Å². The van der Waals surface area contributed by atoms with Crippen LogP contribution in [0.3, 0.4) is 0 Å². The Kier molecular flexibility index (Phi) is 3.72. The molecule has 0 bridgehead atoms. The van der Waals surface area contributed by atoms with Crippen LogP contribution in [0.4, 0.5) is 11.4 Å². The fraction of sp³-hybridized carbons (Fsp3) is 0.462. The van der Waals surface area contributed by atoms with Crippen molar-refractivity contribution in [1.82, 2.24) is 0 Å². The van der Waals surface area contributed by atoms with Gasteiger partial charge in [0.05, 0.1) is 17.9 Å². The third-order valence-electron chi connectivity index (χ3n) is 3.28. The van der Waals surface area contributed by atoms with Crippen molar-refractivity contribution in [3.05, 3.63) is 23.8 Å². The van der Waals surface area contributed by atoms with Gasteiger partial charge in [-0.25, -0.2) is 4.79 Å². The molecular formula is C13H18N2O3. The van der Waals surface area contributed by atoms with Crippen molar-refractivity contribution in [2.24, 2.45) is 5.92 Å². The highest BCUT2D eigenvalue weighted by Gasteiger charge is 2.25. The van der Waals surface area contributed by atoms with Crippen LogP contribution < -0.4 is 10.6 Å². The predicted molar refractivity (Wildman–Crippen MR) is 70.0 cm³/mol. The quantitative estimate of drug-likeness (QED) is 0.791. The van der Waals surface area contributed by atoms with Crippen LogP contribution in [0, 0.1) is 5.92 Å². The van der Waals surface area contributed by atoms with E-state index in [2.05, 4.69) is 4.90 Å². The number of nitrogen functional groups attached to an aromatic ring is 1. The van der Waals surface area contributed by atoms with E-state index >= 15 is 0 Å². The summed E-state index contributed by atoms with van der Waals surface area (Å²) >= 11 is 0. The maximum absolute atomic E-state index is 11.2. The van der Waals surface area contributed by atoms with Crippen LogP contribution in [0.15, 0.2) is 18.2 Å². The number of anilines is 2. The van der Waals surface area contributed by atoms with Crippen molar-refractivity contribution < 1.29 is 14.6 Å². The van der Waals surface area contributed by atoms with Gasteiger partial charge in [0.1, 0.15) is 0 Å². The fourth-order valence-corrected chi connectivity index (χ4v) is 2.42. The van der Waals surface area contributed by atoms with Crippen LogP contribution in [0.5, 0.6) is 0 Å². The molecule has 3 N–H and O–H groups in total. The molecule has 0 saturated carbocycles. The van der Waals surface area contributed by atoms with E-state index in [0.717, 1.165) is 25.2 Å². The van der Waals surface area contributed by atoms with E-state index in [4.69, 9.17) is 10.5 Å². The van der Waals surface area contributed by atoms with Gasteiger partial charge in [-0.15, -0.1) is 0 Å². The minimum atomic E-state index is -0.938. The van der Waals surface area contributed by atoms with Crippen molar-refractivity contribution >= 4 is 17.3 Å². The molecule has 1 atom stereocenters. The minimum absolute atomic E-state index is 0.271. The van der Waals surface area contributed by atoms with Gasteiger partial charge in [-0.2, -0.15) is 0 Å². The standard InChI is InChI=1S/C13H18N2O3/c1-18-8-9-4-5-15(7-9)12-3-2-10(14)6-11(12)13(16)17/h2-3,6,9H,4-5,7-8,14H2,1H3,(H,16,17). The van der Waals surface area contributed by atoms with Crippen LogP contribution in [0.2, 0.25) is 0 Å². The second-order valence-corrected chi connectivity index (χ2v) is 4.64. The molecule has 5 nitrogen and oxygen atoms in total. The van der Waals surface area contributed by atoms with E-state index in [1.807, 2.05) is 0 Å². The lowest BCUT2D eigenvalue weighted by Crippen LogP contribution is -2.23. The zero-order valence-electron chi connectivity index (χ0n) is 10.4. The van der Waals surface area contributed by atoms with Crippen LogP contribution in [-0.4, -0.2) is 37.9 Å². The van der Waals surface area contributed by atoms with Gasteiger partial charge in [0, 0.05) is 31.8 Å². The molecule has 18 heavy (non-hydrogen) atoms. The normalized spacial score (nSPS) is 19.2. The highest BCUT2D eigenvalue weighted by Crippen LogP contribution is 2.28. The molecule has 0 aromatic heterocycles. The van der Waals surface area contributed by atoms with Crippen LogP contribution in [-0.2, 0) is 4.74 Å². The van der Waals surface area contributed by atoms with Crippen molar-refractivity contribution in [1.29, 1.82) is 0 Å². The number of ether oxygens (including phenoxy) is 1. The Morgan fingerprint density at radius 2 is 2.39 bits per heavy atom. The van der Waals surface area contributed by atoms with Gasteiger partial charge in [-0.3, -0.25) is 0 Å². The molecule has 0 spiro atoms. The van der Waals surface area contributed by atoms with Gasteiger partial charge >= 0.3 is 5.97 Å². The average molecular weight is 250 g/mol.